The number of aryl methyl sites for hydroxylation is 4. The van der Waals surface area contributed by atoms with Gasteiger partial charge in [-0.15, -0.1) is 0 Å². The minimum Gasteiger partial charge on any atom is -0.352 e. The van der Waals surface area contributed by atoms with Crippen molar-refractivity contribution in [3.63, 3.8) is 0 Å². The maximum Gasteiger partial charge on any atom is 0.272 e. The Morgan fingerprint density at radius 2 is 1.96 bits per heavy atom. The summed E-state index contributed by atoms with van der Waals surface area (Å²) < 4.78 is 24.6. The van der Waals surface area contributed by atoms with E-state index in [1.165, 1.54) is 0 Å². The lowest BCUT2D eigenvalue weighted by Gasteiger charge is -2.14. The van der Waals surface area contributed by atoms with Crippen molar-refractivity contribution in [2.45, 2.75) is 46.2 Å². The largest absolute Gasteiger partial charge is 0.352 e. The summed E-state index contributed by atoms with van der Waals surface area (Å²) >= 11 is 0. The first-order valence-corrected chi connectivity index (χ1v) is 10.5. The molecule has 3 rings (SSSR count). The molecule has 1 aliphatic heterocycles. The number of aromatic nitrogens is 2. The van der Waals surface area contributed by atoms with Gasteiger partial charge < -0.3 is 9.88 Å². The number of amides is 1. The highest BCUT2D eigenvalue weighted by Crippen LogP contribution is 2.17. The summed E-state index contributed by atoms with van der Waals surface area (Å²) in [5.41, 5.74) is 3.76. The van der Waals surface area contributed by atoms with E-state index in [9.17, 15) is 18.0 Å². The molecular formula is C18H23N3O4S. The van der Waals surface area contributed by atoms with E-state index in [1.54, 1.807) is 11.5 Å². The molecule has 0 saturated carbocycles. The molecule has 0 spiro atoms. The number of hydrogen-bond acceptors (Lipinski definition) is 5. The summed E-state index contributed by atoms with van der Waals surface area (Å²) in [5, 5.41) is 2.76. The first kappa shape index (κ1) is 18.6. The van der Waals surface area contributed by atoms with Crippen molar-refractivity contribution >= 4 is 26.8 Å². The van der Waals surface area contributed by atoms with Crippen LogP contribution in [-0.4, -0.2) is 41.4 Å². The lowest BCUT2D eigenvalue weighted by Crippen LogP contribution is -2.36. The van der Waals surface area contributed by atoms with Gasteiger partial charge in [-0.3, -0.25) is 9.59 Å². The predicted molar refractivity (Wildman–Crippen MR) is 100 cm³/mol. The van der Waals surface area contributed by atoms with Crippen LogP contribution in [0, 0.1) is 20.8 Å². The minimum atomic E-state index is -3.04. The average Bonchev–Trinajstić information content (AvgIpc) is 2.89. The number of rotatable bonds is 4. The first-order valence-electron chi connectivity index (χ1n) is 8.64. The number of benzene rings is 1. The van der Waals surface area contributed by atoms with Crippen LogP contribution >= 0.6 is 0 Å². The van der Waals surface area contributed by atoms with Crippen molar-refractivity contribution in [3.05, 3.63) is 39.3 Å². The molecule has 1 atom stereocenters. The van der Waals surface area contributed by atoms with Crippen LogP contribution in [0.15, 0.2) is 16.9 Å². The van der Waals surface area contributed by atoms with Crippen LogP contribution < -0.4 is 10.9 Å². The Morgan fingerprint density at radius 1 is 1.27 bits per heavy atom. The molecule has 1 amide bonds. The van der Waals surface area contributed by atoms with Crippen LogP contribution in [0.1, 0.15) is 29.7 Å². The van der Waals surface area contributed by atoms with Crippen molar-refractivity contribution in [3.8, 4) is 0 Å². The Bertz CT molecular complexity index is 1040. The summed E-state index contributed by atoms with van der Waals surface area (Å²) in [4.78, 5) is 29.1. The molecule has 0 aliphatic carbocycles. The van der Waals surface area contributed by atoms with Gasteiger partial charge in [0.1, 0.15) is 5.69 Å². The number of hydrogen-bond donors (Lipinski definition) is 1. The first-order chi connectivity index (χ1) is 12.2. The average molecular weight is 377 g/mol. The fraction of sp³-hybridized carbons (Fsp3) is 0.500. The van der Waals surface area contributed by atoms with E-state index in [0.29, 0.717) is 17.6 Å². The molecule has 2 heterocycles. The standard InChI is InChI=1S/C18H23N3O4S/c1-11-8-15-16(9-12(11)2)21(18(23)13(3)19-15)6-4-17(22)20-14-5-7-26(24,25)10-14/h8-9,14H,4-7,10H2,1-3H3,(H,20,22). The van der Waals surface area contributed by atoms with Crippen LogP contribution in [0.2, 0.25) is 0 Å². The zero-order valence-corrected chi connectivity index (χ0v) is 16.0. The van der Waals surface area contributed by atoms with Crippen LogP contribution in [-0.2, 0) is 21.2 Å². The van der Waals surface area contributed by atoms with E-state index < -0.39 is 9.84 Å². The normalized spacial score (nSPS) is 19.0. The maximum atomic E-state index is 12.5. The monoisotopic (exact) mass is 377 g/mol. The van der Waals surface area contributed by atoms with Crippen LogP contribution in [0.3, 0.4) is 0 Å². The quantitative estimate of drug-likeness (QED) is 0.858. The molecule has 1 unspecified atom stereocenters. The Hall–Kier alpha value is -2.22. The Morgan fingerprint density at radius 3 is 2.62 bits per heavy atom. The molecule has 7 nitrogen and oxygen atoms in total. The summed E-state index contributed by atoms with van der Waals surface area (Å²) in [6.45, 7) is 5.85. The maximum absolute atomic E-state index is 12.5. The summed E-state index contributed by atoms with van der Waals surface area (Å²) in [7, 11) is -3.04. The van der Waals surface area contributed by atoms with Gasteiger partial charge in [-0.25, -0.2) is 13.4 Å². The number of carbonyl (C=O) groups excluding carboxylic acids is 1. The van der Waals surface area contributed by atoms with E-state index >= 15 is 0 Å². The van der Waals surface area contributed by atoms with Gasteiger partial charge in [0.05, 0.1) is 22.5 Å². The van der Waals surface area contributed by atoms with Crippen LogP contribution in [0.5, 0.6) is 0 Å². The van der Waals surface area contributed by atoms with Crippen molar-refractivity contribution in [2.75, 3.05) is 11.5 Å². The Balaban J connectivity index is 1.80. The third-order valence-electron chi connectivity index (χ3n) is 4.88. The molecule has 1 aromatic heterocycles. The summed E-state index contributed by atoms with van der Waals surface area (Å²) in [5.74, 6) is -0.135. The van der Waals surface area contributed by atoms with Gasteiger partial charge >= 0.3 is 0 Å². The number of sulfone groups is 1. The molecule has 26 heavy (non-hydrogen) atoms. The molecule has 1 aromatic carbocycles. The van der Waals surface area contributed by atoms with E-state index in [1.807, 2.05) is 26.0 Å². The van der Waals surface area contributed by atoms with Gasteiger partial charge in [-0.05, 0) is 50.5 Å². The highest BCUT2D eigenvalue weighted by Gasteiger charge is 2.28. The minimum absolute atomic E-state index is 0.00550. The van der Waals surface area contributed by atoms with Crippen molar-refractivity contribution in [1.82, 2.24) is 14.9 Å². The van der Waals surface area contributed by atoms with E-state index in [4.69, 9.17) is 0 Å². The van der Waals surface area contributed by atoms with Gasteiger partial charge in [0, 0.05) is 19.0 Å². The van der Waals surface area contributed by atoms with Crippen LogP contribution in [0.4, 0.5) is 0 Å². The van der Waals surface area contributed by atoms with Crippen molar-refractivity contribution in [1.29, 1.82) is 0 Å². The van der Waals surface area contributed by atoms with Gasteiger partial charge in [0.15, 0.2) is 9.84 Å². The van der Waals surface area contributed by atoms with Gasteiger partial charge in [-0.2, -0.15) is 0 Å². The third kappa shape index (κ3) is 3.80. The topological polar surface area (TPSA) is 98.1 Å². The number of nitrogens with one attached hydrogen (secondary N) is 1. The molecule has 1 aliphatic rings. The lowest BCUT2D eigenvalue weighted by atomic mass is 10.1. The number of carbonyl (C=O) groups is 1. The zero-order chi connectivity index (χ0) is 19.1. The predicted octanol–water partition coefficient (Wildman–Crippen LogP) is 1.02. The molecular weight excluding hydrogens is 354 g/mol. The van der Waals surface area contributed by atoms with Gasteiger partial charge in [0.2, 0.25) is 5.91 Å². The van der Waals surface area contributed by atoms with E-state index in [2.05, 4.69) is 10.3 Å². The number of nitrogens with zero attached hydrogens (tertiary/aromatic N) is 2. The molecule has 0 bridgehead atoms. The zero-order valence-electron chi connectivity index (χ0n) is 15.2. The van der Waals surface area contributed by atoms with Gasteiger partial charge in [0.25, 0.3) is 5.56 Å². The molecule has 0 radical (unpaired) electrons. The van der Waals surface area contributed by atoms with Crippen molar-refractivity contribution < 1.29 is 13.2 Å². The molecule has 2 aromatic rings. The third-order valence-corrected chi connectivity index (χ3v) is 6.65. The van der Waals surface area contributed by atoms with E-state index in [-0.39, 0.29) is 42.0 Å². The Kier molecular flexibility index (Phi) is 4.88. The molecule has 1 fully saturated rings. The second-order valence-electron chi connectivity index (χ2n) is 7.00. The second kappa shape index (κ2) is 6.83. The smallest absolute Gasteiger partial charge is 0.272 e. The SMILES string of the molecule is Cc1cc2nc(C)c(=O)n(CCC(=O)NC3CCS(=O)(=O)C3)c2cc1C. The second-order valence-corrected chi connectivity index (χ2v) is 9.23. The number of fused-ring (bicyclic) bond motifs is 1. The van der Waals surface area contributed by atoms with E-state index in [0.717, 1.165) is 16.6 Å². The fourth-order valence-corrected chi connectivity index (χ4v) is 4.94. The fourth-order valence-electron chi connectivity index (χ4n) is 3.27. The molecule has 140 valence electrons. The molecule has 1 N–H and O–H groups in total. The summed E-state index contributed by atoms with van der Waals surface area (Å²) in [6.07, 6.45) is 0.561. The highest BCUT2D eigenvalue weighted by atomic mass is 32.2. The lowest BCUT2D eigenvalue weighted by molar-refractivity contribution is -0.121. The Labute approximate surface area is 152 Å². The van der Waals surface area contributed by atoms with Gasteiger partial charge in [-0.1, -0.05) is 0 Å². The summed E-state index contributed by atoms with van der Waals surface area (Å²) in [6, 6.07) is 3.53. The van der Waals surface area contributed by atoms with Crippen LogP contribution in [0.25, 0.3) is 11.0 Å². The highest BCUT2D eigenvalue weighted by molar-refractivity contribution is 7.91. The molecule has 8 heteroatoms. The molecule has 1 saturated heterocycles. The van der Waals surface area contributed by atoms with Crippen molar-refractivity contribution in [2.24, 2.45) is 0 Å².